The second kappa shape index (κ2) is 7.88. The van der Waals surface area contributed by atoms with Gasteiger partial charge in [0.2, 0.25) is 0 Å². The molecular formula is C18H20N2O2. The fourth-order valence-electron chi connectivity index (χ4n) is 2.00. The van der Waals surface area contributed by atoms with E-state index in [1.165, 1.54) is 5.56 Å². The molecule has 0 aromatic heterocycles. The fourth-order valence-corrected chi connectivity index (χ4v) is 2.00. The van der Waals surface area contributed by atoms with Crippen LogP contribution in [-0.4, -0.2) is 13.1 Å². The number of ether oxygens (including phenoxy) is 1. The molecule has 2 N–H and O–H groups in total. The number of hydrogen-bond donors (Lipinski definition) is 2. The highest BCUT2D eigenvalue weighted by atomic mass is 16.5. The smallest absolute Gasteiger partial charge is 0.319 e. The first kappa shape index (κ1) is 15.6. The fraction of sp³-hybridized carbons (Fsp3) is 0.167. The number of methoxy groups -OCH3 is 1. The van der Waals surface area contributed by atoms with Crippen LogP contribution in [0.3, 0.4) is 0 Å². The normalized spacial score (nSPS) is 10.5. The van der Waals surface area contributed by atoms with Crippen LogP contribution in [0.25, 0.3) is 6.08 Å². The van der Waals surface area contributed by atoms with Crippen molar-refractivity contribution in [3.63, 3.8) is 0 Å². The van der Waals surface area contributed by atoms with Crippen LogP contribution in [-0.2, 0) is 6.54 Å². The number of amides is 2. The van der Waals surface area contributed by atoms with Crippen LogP contribution in [0.4, 0.5) is 4.79 Å². The summed E-state index contributed by atoms with van der Waals surface area (Å²) in [6, 6.07) is 15.4. The van der Waals surface area contributed by atoms with E-state index in [2.05, 4.69) is 10.6 Å². The Bertz CT molecular complexity index is 666. The predicted octanol–water partition coefficient (Wildman–Crippen LogP) is 3.47. The number of aryl methyl sites for hydroxylation is 1. The van der Waals surface area contributed by atoms with Crippen LogP contribution in [0.2, 0.25) is 0 Å². The Kier molecular flexibility index (Phi) is 5.60. The summed E-state index contributed by atoms with van der Waals surface area (Å²) in [5, 5.41) is 5.48. The zero-order chi connectivity index (χ0) is 15.8. The van der Waals surface area contributed by atoms with Crippen LogP contribution in [0, 0.1) is 6.92 Å². The molecule has 0 aliphatic rings. The van der Waals surface area contributed by atoms with E-state index in [0.717, 1.165) is 16.9 Å². The highest BCUT2D eigenvalue weighted by Gasteiger charge is 1.99. The maximum atomic E-state index is 11.7. The zero-order valence-corrected chi connectivity index (χ0v) is 12.8. The molecule has 0 radical (unpaired) electrons. The lowest BCUT2D eigenvalue weighted by Gasteiger charge is -2.06. The molecule has 22 heavy (non-hydrogen) atoms. The Balaban J connectivity index is 1.80. The van der Waals surface area contributed by atoms with E-state index in [-0.39, 0.29) is 6.03 Å². The van der Waals surface area contributed by atoms with Crippen molar-refractivity contribution in [2.75, 3.05) is 7.11 Å². The van der Waals surface area contributed by atoms with Crippen molar-refractivity contribution in [3.05, 3.63) is 71.4 Å². The summed E-state index contributed by atoms with van der Waals surface area (Å²) in [4.78, 5) is 11.7. The van der Waals surface area contributed by atoms with Crippen molar-refractivity contribution in [1.82, 2.24) is 10.6 Å². The molecule has 0 spiro atoms. The maximum Gasteiger partial charge on any atom is 0.319 e. The van der Waals surface area contributed by atoms with E-state index in [9.17, 15) is 4.79 Å². The molecule has 0 aliphatic carbocycles. The number of hydrogen-bond acceptors (Lipinski definition) is 2. The third kappa shape index (κ3) is 4.98. The highest BCUT2D eigenvalue weighted by Crippen LogP contribution is 2.12. The predicted molar refractivity (Wildman–Crippen MR) is 88.6 cm³/mol. The van der Waals surface area contributed by atoms with E-state index >= 15 is 0 Å². The molecule has 0 aliphatic heterocycles. The molecular weight excluding hydrogens is 276 g/mol. The number of urea groups is 1. The molecule has 114 valence electrons. The molecule has 0 fully saturated rings. The quantitative estimate of drug-likeness (QED) is 0.887. The first-order valence-corrected chi connectivity index (χ1v) is 7.08. The van der Waals surface area contributed by atoms with Gasteiger partial charge in [-0.1, -0.05) is 42.0 Å². The summed E-state index contributed by atoms with van der Waals surface area (Å²) in [5.74, 6) is 0.777. The van der Waals surface area contributed by atoms with E-state index in [0.29, 0.717) is 6.54 Å². The van der Waals surface area contributed by atoms with Crippen LogP contribution >= 0.6 is 0 Å². The third-order valence-corrected chi connectivity index (χ3v) is 3.12. The zero-order valence-electron chi connectivity index (χ0n) is 12.8. The number of carbonyl (C=O) groups excluding carboxylic acids is 1. The molecule has 4 heteroatoms. The first-order valence-electron chi connectivity index (χ1n) is 7.08. The van der Waals surface area contributed by atoms with Gasteiger partial charge in [0.15, 0.2) is 0 Å². The Hall–Kier alpha value is -2.75. The Labute approximate surface area is 130 Å². The van der Waals surface area contributed by atoms with Gasteiger partial charge in [-0.2, -0.15) is 0 Å². The largest absolute Gasteiger partial charge is 0.497 e. The van der Waals surface area contributed by atoms with Gasteiger partial charge >= 0.3 is 6.03 Å². The second-order valence-corrected chi connectivity index (χ2v) is 4.93. The molecule has 2 rings (SSSR count). The molecule has 2 amide bonds. The lowest BCUT2D eigenvalue weighted by atomic mass is 10.1. The van der Waals surface area contributed by atoms with E-state index in [1.54, 1.807) is 13.3 Å². The van der Waals surface area contributed by atoms with Gasteiger partial charge in [-0.05, 0) is 36.3 Å². The van der Waals surface area contributed by atoms with Gasteiger partial charge in [-0.25, -0.2) is 4.79 Å². The van der Waals surface area contributed by atoms with Crippen LogP contribution in [0.1, 0.15) is 16.7 Å². The summed E-state index contributed by atoms with van der Waals surface area (Å²) in [6.07, 6.45) is 3.49. The molecule has 0 saturated heterocycles. The monoisotopic (exact) mass is 296 g/mol. The lowest BCUT2D eigenvalue weighted by Crippen LogP contribution is -2.31. The average molecular weight is 296 g/mol. The number of rotatable bonds is 5. The van der Waals surface area contributed by atoms with Crippen molar-refractivity contribution < 1.29 is 9.53 Å². The van der Waals surface area contributed by atoms with E-state index in [1.807, 2.05) is 61.5 Å². The van der Waals surface area contributed by atoms with Crippen molar-refractivity contribution in [2.45, 2.75) is 13.5 Å². The highest BCUT2D eigenvalue weighted by molar-refractivity contribution is 5.75. The van der Waals surface area contributed by atoms with Crippen LogP contribution < -0.4 is 15.4 Å². The van der Waals surface area contributed by atoms with Crippen molar-refractivity contribution in [1.29, 1.82) is 0 Å². The SMILES string of the molecule is COc1cccc(CNC(=O)N/C=C/c2cccc(C)c2)c1. The van der Waals surface area contributed by atoms with Crippen LogP contribution in [0.15, 0.2) is 54.7 Å². The number of carbonyl (C=O) groups is 1. The Morgan fingerprint density at radius 2 is 2.00 bits per heavy atom. The molecule has 0 atom stereocenters. The minimum absolute atomic E-state index is 0.244. The van der Waals surface area contributed by atoms with E-state index < -0.39 is 0 Å². The van der Waals surface area contributed by atoms with Gasteiger partial charge in [0.05, 0.1) is 7.11 Å². The minimum Gasteiger partial charge on any atom is -0.497 e. The molecule has 0 unspecified atom stereocenters. The number of benzene rings is 2. The number of nitrogens with one attached hydrogen (secondary N) is 2. The van der Waals surface area contributed by atoms with Crippen molar-refractivity contribution in [2.24, 2.45) is 0 Å². The van der Waals surface area contributed by atoms with Crippen LogP contribution in [0.5, 0.6) is 5.75 Å². The molecule has 2 aromatic rings. The van der Waals surface area contributed by atoms with Gasteiger partial charge < -0.3 is 15.4 Å². The van der Waals surface area contributed by atoms with Gasteiger partial charge in [-0.15, -0.1) is 0 Å². The summed E-state index contributed by atoms with van der Waals surface area (Å²) >= 11 is 0. The van der Waals surface area contributed by atoms with Gasteiger partial charge in [0, 0.05) is 12.7 Å². The first-order chi connectivity index (χ1) is 10.7. The average Bonchev–Trinajstić information content (AvgIpc) is 2.53. The standard InChI is InChI=1S/C18H20N2O2/c1-14-5-3-6-15(11-14)9-10-19-18(21)20-13-16-7-4-8-17(12-16)22-2/h3-12H,13H2,1-2H3,(H2,19,20,21)/b10-9+. The lowest BCUT2D eigenvalue weighted by molar-refractivity contribution is 0.244. The summed E-state index contributed by atoms with van der Waals surface area (Å²) in [7, 11) is 1.62. The molecule has 0 bridgehead atoms. The van der Waals surface area contributed by atoms with Gasteiger partial charge in [0.25, 0.3) is 0 Å². The Morgan fingerprint density at radius 3 is 2.77 bits per heavy atom. The van der Waals surface area contributed by atoms with Gasteiger partial charge in [-0.3, -0.25) is 0 Å². The van der Waals surface area contributed by atoms with Gasteiger partial charge in [0.1, 0.15) is 5.75 Å². The Morgan fingerprint density at radius 1 is 1.18 bits per heavy atom. The van der Waals surface area contributed by atoms with Crippen molar-refractivity contribution >= 4 is 12.1 Å². The summed E-state index contributed by atoms with van der Waals surface area (Å²) < 4.78 is 5.15. The topological polar surface area (TPSA) is 50.4 Å². The molecule has 4 nitrogen and oxygen atoms in total. The maximum absolute atomic E-state index is 11.7. The molecule has 0 saturated carbocycles. The third-order valence-electron chi connectivity index (χ3n) is 3.12. The molecule has 0 heterocycles. The van der Waals surface area contributed by atoms with Crippen molar-refractivity contribution in [3.8, 4) is 5.75 Å². The summed E-state index contributed by atoms with van der Waals surface area (Å²) in [6.45, 7) is 2.48. The van der Waals surface area contributed by atoms with E-state index in [4.69, 9.17) is 4.74 Å². The minimum atomic E-state index is -0.244. The summed E-state index contributed by atoms with van der Waals surface area (Å²) in [5.41, 5.74) is 3.22. The second-order valence-electron chi connectivity index (χ2n) is 4.93. The molecule has 2 aromatic carbocycles.